The normalized spacial score (nSPS) is 45.5. The molecule has 0 aromatic rings. The molecular formula is C38H56O10. The molecule has 13 atom stereocenters. The van der Waals surface area contributed by atoms with E-state index in [9.17, 15) is 24.9 Å². The van der Waals surface area contributed by atoms with Gasteiger partial charge in [-0.25, -0.2) is 0 Å². The van der Waals surface area contributed by atoms with Crippen LogP contribution in [0.4, 0.5) is 0 Å². The molecule has 0 aromatic heterocycles. The summed E-state index contributed by atoms with van der Waals surface area (Å²) >= 11 is 0. The van der Waals surface area contributed by atoms with Gasteiger partial charge in [-0.2, -0.15) is 0 Å². The summed E-state index contributed by atoms with van der Waals surface area (Å²) < 4.78 is 31.3. The maximum atomic E-state index is 14.1. The molecule has 0 saturated carbocycles. The van der Waals surface area contributed by atoms with E-state index >= 15 is 0 Å². The minimum atomic E-state index is -1.81. The van der Waals surface area contributed by atoms with E-state index in [-0.39, 0.29) is 36.8 Å². The van der Waals surface area contributed by atoms with Crippen LogP contribution in [0.5, 0.6) is 0 Å². The second-order valence-corrected chi connectivity index (χ2v) is 15.1. The van der Waals surface area contributed by atoms with Crippen molar-refractivity contribution in [2.75, 3.05) is 6.61 Å². The van der Waals surface area contributed by atoms with Crippen LogP contribution < -0.4 is 0 Å². The molecule has 48 heavy (non-hydrogen) atoms. The fourth-order valence-corrected chi connectivity index (χ4v) is 7.98. The fraction of sp³-hybridized carbons (Fsp3) is 0.737. The first kappa shape index (κ1) is 36.9. The quantitative estimate of drug-likeness (QED) is 0.274. The van der Waals surface area contributed by atoms with Crippen molar-refractivity contribution in [1.29, 1.82) is 0 Å². The van der Waals surface area contributed by atoms with Gasteiger partial charge in [-0.05, 0) is 57.1 Å². The van der Waals surface area contributed by atoms with Crippen LogP contribution in [0.15, 0.2) is 47.1 Å². The van der Waals surface area contributed by atoms with Gasteiger partial charge in [0.05, 0.1) is 24.7 Å². The molecule has 1 spiro atoms. The van der Waals surface area contributed by atoms with Crippen LogP contribution in [-0.4, -0.2) is 88.0 Å². The molecule has 1 aliphatic carbocycles. The standard InChI is InChI=1S/C38H56O10/c1-8-9-12-23(4)35(41)46-32-25(6)26(7)47-37(33(32)40)19-29-18-28(48-37)15-14-22(3)16-21(2)11-10-13-27-20-44-34-31(39)24(5)17-30(36(42)45-29)38(27,34)43/h10-11,13-14,17,21,23,25-26,28-34,39-40,43H,8-9,12,15-16,18-20H2,1-7H3/b11-10+,22-14+,27-13+/t21-,23?,25+,26+,28+,29-,30-,31+,32+,33-,34+,37+,38+/m0/s1. The lowest BCUT2D eigenvalue weighted by atomic mass is 9.71. The van der Waals surface area contributed by atoms with E-state index in [1.54, 1.807) is 19.1 Å². The summed E-state index contributed by atoms with van der Waals surface area (Å²) in [5.41, 5.74) is 0.354. The number of esters is 2. The van der Waals surface area contributed by atoms with Crippen LogP contribution in [0, 0.1) is 23.7 Å². The Labute approximate surface area is 285 Å². The van der Waals surface area contributed by atoms with Crippen LogP contribution in [0.1, 0.15) is 93.4 Å². The molecule has 10 nitrogen and oxygen atoms in total. The molecule has 10 heteroatoms. The summed E-state index contributed by atoms with van der Waals surface area (Å²) in [5.74, 6) is -4.21. The number of unbranched alkanes of at least 4 members (excludes halogenated alkanes) is 1. The third-order valence-corrected chi connectivity index (χ3v) is 11.1. The van der Waals surface area contributed by atoms with Gasteiger partial charge < -0.3 is 39.0 Å². The lowest BCUT2D eigenvalue weighted by molar-refractivity contribution is -0.383. The number of aliphatic hydroxyl groups excluding tert-OH is 2. The summed E-state index contributed by atoms with van der Waals surface area (Å²) in [6.45, 7) is 13.6. The Morgan fingerprint density at radius 1 is 1.15 bits per heavy atom. The highest BCUT2D eigenvalue weighted by Crippen LogP contribution is 2.47. The summed E-state index contributed by atoms with van der Waals surface area (Å²) in [6.07, 6.45) is 7.58. The first-order valence-electron chi connectivity index (χ1n) is 17.9. The van der Waals surface area contributed by atoms with Crippen LogP contribution >= 0.6 is 0 Å². The maximum absolute atomic E-state index is 14.1. The number of allylic oxidation sites excluding steroid dienone is 4. The Bertz CT molecular complexity index is 1320. The molecule has 5 rings (SSSR count). The molecule has 3 saturated heterocycles. The number of carbonyl (C=O) groups excluding carboxylic acids is 2. The zero-order valence-corrected chi connectivity index (χ0v) is 29.6. The number of hydrogen-bond acceptors (Lipinski definition) is 10. The summed E-state index contributed by atoms with van der Waals surface area (Å²) in [6, 6.07) is 0. The number of ether oxygens (including phenoxy) is 5. The molecule has 4 aliphatic heterocycles. The molecule has 3 fully saturated rings. The van der Waals surface area contributed by atoms with Crippen LogP contribution in [-0.2, 0) is 33.3 Å². The number of fused-ring (bicyclic) bond motifs is 2. The number of rotatable bonds is 5. The smallest absolute Gasteiger partial charge is 0.316 e. The van der Waals surface area contributed by atoms with Crippen LogP contribution in [0.25, 0.3) is 0 Å². The van der Waals surface area contributed by atoms with Gasteiger partial charge in [0.15, 0.2) is 0 Å². The first-order chi connectivity index (χ1) is 22.7. The van der Waals surface area contributed by atoms with Crippen molar-refractivity contribution in [2.24, 2.45) is 23.7 Å². The van der Waals surface area contributed by atoms with Gasteiger partial charge >= 0.3 is 11.9 Å². The average Bonchev–Trinajstić information content (AvgIpc) is 3.37. The largest absolute Gasteiger partial charge is 0.462 e. The average molecular weight is 673 g/mol. The third kappa shape index (κ3) is 7.25. The minimum Gasteiger partial charge on any atom is -0.462 e. The van der Waals surface area contributed by atoms with Gasteiger partial charge in [-0.1, -0.05) is 76.5 Å². The highest BCUT2D eigenvalue weighted by Gasteiger charge is 2.61. The lowest BCUT2D eigenvalue weighted by Gasteiger charge is -2.53. The summed E-state index contributed by atoms with van der Waals surface area (Å²) in [4.78, 5) is 27.3. The van der Waals surface area contributed by atoms with Crippen molar-refractivity contribution < 1.29 is 48.6 Å². The number of hydrogen-bond donors (Lipinski definition) is 3. The van der Waals surface area contributed by atoms with Gasteiger partial charge in [-0.15, -0.1) is 0 Å². The zero-order valence-electron chi connectivity index (χ0n) is 29.6. The topological polar surface area (TPSA) is 141 Å². The van der Waals surface area contributed by atoms with E-state index in [1.165, 1.54) is 0 Å². The van der Waals surface area contributed by atoms with E-state index in [4.69, 9.17) is 23.7 Å². The van der Waals surface area contributed by atoms with Gasteiger partial charge in [0.2, 0.25) is 5.79 Å². The molecule has 0 radical (unpaired) electrons. The van der Waals surface area contributed by atoms with Gasteiger partial charge in [-0.3, -0.25) is 9.59 Å². The molecule has 1 unspecified atom stereocenters. The second kappa shape index (κ2) is 14.9. The Hall–Kier alpha value is -2.34. The van der Waals surface area contributed by atoms with E-state index in [2.05, 4.69) is 26.8 Å². The van der Waals surface area contributed by atoms with Crippen molar-refractivity contribution in [3.05, 3.63) is 47.1 Å². The van der Waals surface area contributed by atoms with E-state index in [1.807, 2.05) is 32.9 Å². The molecule has 0 amide bonds. The summed E-state index contributed by atoms with van der Waals surface area (Å²) in [5, 5.41) is 35.1. The maximum Gasteiger partial charge on any atom is 0.316 e. The molecule has 5 aliphatic rings. The predicted molar refractivity (Wildman–Crippen MR) is 178 cm³/mol. The Balaban J connectivity index is 1.49. The minimum absolute atomic E-state index is 0.00840. The second-order valence-electron chi connectivity index (χ2n) is 15.1. The number of carbonyl (C=O) groups is 2. The molecule has 0 aromatic carbocycles. The highest BCUT2D eigenvalue weighted by atomic mass is 16.7. The summed E-state index contributed by atoms with van der Waals surface area (Å²) in [7, 11) is 0. The van der Waals surface area contributed by atoms with Gasteiger partial charge in [0, 0.05) is 18.8 Å². The molecule has 3 N–H and O–H groups in total. The first-order valence-corrected chi connectivity index (χ1v) is 17.9. The highest BCUT2D eigenvalue weighted by molar-refractivity contribution is 5.78. The van der Waals surface area contributed by atoms with Crippen molar-refractivity contribution in [1.82, 2.24) is 0 Å². The Morgan fingerprint density at radius 3 is 2.62 bits per heavy atom. The van der Waals surface area contributed by atoms with Crippen LogP contribution in [0.3, 0.4) is 0 Å². The van der Waals surface area contributed by atoms with Crippen molar-refractivity contribution in [2.45, 2.75) is 148 Å². The van der Waals surface area contributed by atoms with E-state index in [0.29, 0.717) is 30.4 Å². The SMILES string of the molecule is CCCCC(C)C(=O)O[C@@H]1[C@H](C)[C@@H](C)O[C@@]2(C[C@@H]3C[C@@H](C/C=C(\C)C[C@@H](C)/C=C/C=C4\CO[C@@H]5[C@H](O)C(C)=C[C@@H](C(=O)O3)[C@]45O)O2)[C@H]1O. The zero-order chi connectivity index (χ0) is 35.0. The van der Waals surface area contributed by atoms with Crippen LogP contribution in [0.2, 0.25) is 0 Å². The van der Waals surface area contributed by atoms with E-state index < -0.39 is 66.0 Å². The molecule has 268 valence electrons. The Kier molecular flexibility index (Phi) is 11.4. The molecular weight excluding hydrogens is 616 g/mol. The van der Waals surface area contributed by atoms with Gasteiger partial charge in [0.25, 0.3) is 0 Å². The predicted octanol–water partition coefficient (Wildman–Crippen LogP) is 4.85. The fourth-order valence-electron chi connectivity index (χ4n) is 7.98. The molecule has 2 bridgehead atoms. The number of aliphatic hydroxyl groups is 3. The lowest BCUT2D eigenvalue weighted by Crippen LogP contribution is -2.67. The van der Waals surface area contributed by atoms with E-state index in [0.717, 1.165) is 24.8 Å². The van der Waals surface area contributed by atoms with Crippen molar-refractivity contribution in [3.8, 4) is 0 Å². The van der Waals surface area contributed by atoms with Crippen molar-refractivity contribution >= 4 is 11.9 Å². The monoisotopic (exact) mass is 672 g/mol. The Morgan fingerprint density at radius 2 is 1.90 bits per heavy atom. The molecule has 4 heterocycles. The van der Waals surface area contributed by atoms with Gasteiger partial charge in [0.1, 0.15) is 42.0 Å². The third-order valence-electron chi connectivity index (χ3n) is 11.1. The van der Waals surface area contributed by atoms with Crippen molar-refractivity contribution in [3.63, 3.8) is 0 Å².